The van der Waals surface area contributed by atoms with Gasteiger partial charge in [0.15, 0.2) is 0 Å². The number of benzene rings is 3. The minimum atomic E-state index is -0.191. The predicted molar refractivity (Wildman–Crippen MR) is 133 cm³/mol. The fraction of sp³-hybridized carbons (Fsp3) is 0.143. The van der Waals surface area contributed by atoms with Crippen molar-refractivity contribution in [1.82, 2.24) is 9.78 Å². The number of aryl methyl sites for hydroxylation is 2. The van der Waals surface area contributed by atoms with Crippen LogP contribution < -0.4 is 10.6 Å². The first kappa shape index (κ1) is 20.8. The minimum absolute atomic E-state index is 0.121. The second kappa shape index (κ2) is 8.79. The molecule has 1 atom stereocenters. The summed E-state index contributed by atoms with van der Waals surface area (Å²) in [4.78, 5) is 13.2. The Hall–Kier alpha value is -4.12. The zero-order valence-electron chi connectivity index (χ0n) is 18.7. The summed E-state index contributed by atoms with van der Waals surface area (Å²) < 4.78 is 1.88. The Morgan fingerprint density at radius 1 is 1.03 bits per heavy atom. The Labute approximate surface area is 193 Å². The lowest BCUT2D eigenvalue weighted by Gasteiger charge is -2.26. The number of hydrogen-bond acceptors (Lipinski definition) is 3. The van der Waals surface area contributed by atoms with Crippen LogP contribution in [0.15, 0.2) is 91.1 Å². The number of rotatable bonds is 5. The summed E-state index contributed by atoms with van der Waals surface area (Å²) in [7, 11) is 0. The van der Waals surface area contributed by atoms with Crippen LogP contribution in [0.3, 0.4) is 0 Å². The maximum Gasteiger partial charge on any atom is 0.261 e. The van der Waals surface area contributed by atoms with Gasteiger partial charge in [-0.15, -0.1) is 0 Å². The molecule has 0 spiro atoms. The van der Waals surface area contributed by atoms with Gasteiger partial charge in [0.2, 0.25) is 0 Å². The molecule has 164 valence electrons. The van der Waals surface area contributed by atoms with Crippen LogP contribution in [0, 0.1) is 6.92 Å². The molecule has 1 aromatic heterocycles. The summed E-state index contributed by atoms with van der Waals surface area (Å²) in [6.07, 6.45) is 4.80. The topological polar surface area (TPSA) is 59.0 Å². The van der Waals surface area contributed by atoms with E-state index in [0.29, 0.717) is 11.4 Å². The third-order valence-corrected chi connectivity index (χ3v) is 5.97. The van der Waals surface area contributed by atoms with E-state index in [2.05, 4.69) is 65.1 Å². The summed E-state index contributed by atoms with van der Waals surface area (Å²) in [5, 5.41) is 11.1. The van der Waals surface area contributed by atoms with E-state index in [9.17, 15) is 4.79 Å². The van der Waals surface area contributed by atoms with E-state index in [-0.39, 0.29) is 11.9 Å². The first-order chi connectivity index (χ1) is 16.1. The molecule has 0 radical (unpaired) electrons. The summed E-state index contributed by atoms with van der Waals surface area (Å²) in [6.45, 7) is 4.15. The van der Waals surface area contributed by atoms with Gasteiger partial charge in [0.05, 0.1) is 12.2 Å². The van der Waals surface area contributed by atoms with Crippen molar-refractivity contribution in [2.75, 3.05) is 10.6 Å². The molecule has 1 aliphatic rings. The zero-order chi connectivity index (χ0) is 22.8. The molecule has 33 heavy (non-hydrogen) atoms. The monoisotopic (exact) mass is 434 g/mol. The third-order valence-electron chi connectivity index (χ3n) is 5.97. The number of fused-ring (bicyclic) bond motifs is 1. The summed E-state index contributed by atoms with van der Waals surface area (Å²) in [6, 6.07) is 26.4. The van der Waals surface area contributed by atoms with Gasteiger partial charge in [0.1, 0.15) is 11.4 Å². The molecule has 1 amide bonds. The number of carbonyl (C=O) groups is 1. The van der Waals surface area contributed by atoms with Gasteiger partial charge < -0.3 is 10.6 Å². The normalized spacial score (nSPS) is 14.7. The molecule has 4 aromatic rings. The Bertz CT molecular complexity index is 1320. The first-order valence-corrected chi connectivity index (χ1v) is 11.2. The van der Waals surface area contributed by atoms with Gasteiger partial charge in [0.25, 0.3) is 5.91 Å². The summed E-state index contributed by atoms with van der Waals surface area (Å²) in [5.41, 5.74) is 6.80. The molecule has 3 aromatic carbocycles. The SMILES string of the molecule is CCc1ccc(C2=CC(c3ccccc3)n3ncc(C(=O)Nc4cccc(C)c4)c3N2)cc1. The molecule has 0 saturated heterocycles. The van der Waals surface area contributed by atoms with Gasteiger partial charge in [-0.05, 0) is 53.8 Å². The van der Waals surface area contributed by atoms with Crippen molar-refractivity contribution in [2.24, 2.45) is 0 Å². The molecule has 0 aliphatic carbocycles. The van der Waals surface area contributed by atoms with Crippen LogP contribution in [0.1, 0.15) is 45.6 Å². The number of aromatic nitrogens is 2. The quantitative estimate of drug-likeness (QED) is 0.401. The number of allylic oxidation sites excluding steroid dienone is 1. The number of nitrogens with zero attached hydrogens (tertiary/aromatic N) is 2. The van der Waals surface area contributed by atoms with Crippen LogP contribution in [-0.2, 0) is 6.42 Å². The Morgan fingerprint density at radius 3 is 2.55 bits per heavy atom. The van der Waals surface area contributed by atoms with Gasteiger partial charge in [-0.3, -0.25) is 4.79 Å². The highest BCUT2D eigenvalue weighted by molar-refractivity contribution is 6.08. The van der Waals surface area contributed by atoms with E-state index in [1.54, 1.807) is 6.20 Å². The number of hydrogen-bond donors (Lipinski definition) is 2. The molecular weight excluding hydrogens is 408 g/mol. The number of nitrogens with one attached hydrogen (secondary N) is 2. The minimum Gasteiger partial charge on any atom is -0.339 e. The lowest BCUT2D eigenvalue weighted by atomic mass is 10.00. The molecule has 5 rings (SSSR count). The van der Waals surface area contributed by atoms with Crippen LogP contribution in [0.25, 0.3) is 5.70 Å². The molecule has 2 N–H and O–H groups in total. The maximum absolute atomic E-state index is 13.2. The van der Waals surface area contributed by atoms with Crippen LogP contribution in [-0.4, -0.2) is 15.7 Å². The molecular formula is C28H26N4O. The van der Waals surface area contributed by atoms with Crippen molar-refractivity contribution < 1.29 is 4.79 Å². The van der Waals surface area contributed by atoms with E-state index in [1.807, 2.05) is 54.1 Å². The van der Waals surface area contributed by atoms with Crippen molar-refractivity contribution in [3.63, 3.8) is 0 Å². The lowest BCUT2D eigenvalue weighted by Crippen LogP contribution is -2.22. The second-order valence-corrected chi connectivity index (χ2v) is 8.29. The average Bonchev–Trinajstić information content (AvgIpc) is 3.28. The largest absolute Gasteiger partial charge is 0.339 e. The van der Waals surface area contributed by atoms with E-state index >= 15 is 0 Å². The number of amides is 1. The smallest absolute Gasteiger partial charge is 0.261 e. The average molecular weight is 435 g/mol. The third kappa shape index (κ3) is 4.17. The molecule has 2 heterocycles. The fourth-order valence-electron chi connectivity index (χ4n) is 4.16. The Balaban J connectivity index is 1.54. The molecule has 1 unspecified atom stereocenters. The van der Waals surface area contributed by atoms with E-state index in [0.717, 1.165) is 34.5 Å². The van der Waals surface area contributed by atoms with E-state index in [1.165, 1.54) is 5.56 Å². The Kier molecular flexibility index (Phi) is 5.53. The van der Waals surface area contributed by atoms with Crippen LogP contribution in [0.5, 0.6) is 0 Å². The number of anilines is 2. The van der Waals surface area contributed by atoms with Crippen molar-refractivity contribution in [3.8, 4) is 0 Å². The van der Waals surface area contributed by atoms with E-state index in [4.69, 9.17) is 0 Å². The Morgan fingerprint density at radius 2 is 1.82 bits per heavy atom. The zero-order valence-corrected chi connectivity index (χ0v) is 18.7. The van der Waals surface area contributed by atoms with Crippen molar-refractivity contribution in [2.45, 2.75) is 26.3 Å². The van der Waals surface area contributed by atoms with Crippen LogP contribution in [0.4, 0.5) is 11.5 Å². The fourth-order valence-corrected chi connectivity index (χ4v) is 4.16. The maximum atomic E-state index is 13.2. The summed E-state index contributed by atoms with van der Waals surface area (Å²) in [5.74, 6) is 0.495. The number of carbonyl (C=O) groups excluding carboxylic acids is 1. The van der Waals surface area contributed by atoms with Gasteiger partial charge in [-0.2, -0.15) is 5.10 Å². The molecule has 0 bridgehead atoms. The van der Waals surface area contributed by atoms with Gasteiger partial charge in [0, 0.05) is 11.4 Å². The second-order valence-electron chi connectivity index (χ2n) is 8.29. The molecule has 5 nitrogen and oxygen atoms in total. The molecule has 0 saturated carbocycles. The van der Waals surface area contributed by atoms with Crippen molar-refractivity contribution >= 4 is 23.1 Å². The predicted octanol–water partition coefficient (Wildman–Crippen LogP) is 6.06. The van der Waals surface area contributed by atoms with Crippen LogP contribution in [0.2, 0.25) is 0 Å². The first-order valence-electron chi connectivity index (χ1n) is 11.2. The van der Waals surface area contributed by atoms with Gasteiger partial charge in [-0.1, -0.05) is 73.7 Å². The molecule has 0 fully saturated rings. The van der Waals surface area contributed by atoms with Gasteiger partial charge in [-0.25, -0.2) is 4.68 Å². The van der Waals surface area contributed by atoms with Crippen LogP contribution >= 0.6 is 0 Å². The van der Waals surface area contributed by atoms with Crippen molar-refractivity contribution in [3.05, 3.63) is 119 Å². The van der Waals surface area contributed by atoms with Crippen molar-refractivity contribution in [1.29, 1.82) is 0 Å². The molecule has 1 aliphatic heterocycles. The highest BCUT2D eigenvalue weighted by Crippen LogP contribution is 2.35. The molecule has 5 heteroatoms. The highest BCUT2D eigenvalue weighted by atomic mass is 16.1. The standard InChI is InChI=1S/C28H26N4O/c1-3-20-12-14-21(15-13-20)25-17-26(22-9-5-4-6-10-22)32-27(31-25)24(18-29-32)28(33)30-23-11-7-8-19(2)16-23/h4-18,26,31H,3H2,1-2H3,(H,30,33). The van der Waals surface area contributed by atoms with E-state index < -0.39 is 0 Å². The highest BCUT2D eigenvalue weighted by Gasteiger charge is 2.27. The summed E-state index contributed by atoms with van der Waals surface area (Å²) >= 11 is 0. The van der Waals surface area contributed by atoms with Gasteiger partial charge >= 0.3 is 0 Å². The lowest BCUT2D eigenvalue weighted by molar-refractivity contribution is 0.102.